The molecule has 0 amide bonds. The van der Waals surface area contributed by atoms with E-state index in [0.29, 0.717) is 11.6 Å². The summed E-state index contributed by atoms with van der Waals surface area (Å²) in [5.41, 5.74) is 5.59. The third kappa shape index (κ3) is 2.48. The topological polar surface area (TPSA) is 60.2 Å². The molecule has 0 spiro atoms. The molecule has 13 heavy (non-hydrogen) atoms. The second-order valence-corrected chi connectivity index (χ2v) is 3.48. The van der Waals surface area contributed by atoms with Crippen LogP contribution >= 0.6 is 11.5 Å². The number of methoxy groups -OCH3 is 1. The number of ether oxygens (including phenoxy) is 1. The highest BCUT2D eigenvalue weighted by Crippen LogP contribution is 2.34. The first-order chi connectivity index (χ1) is 6.29. The molecule has 0 saturated carbocycles. The second-order valence-electron chi connectivity index (χ2n) is 2.71. The molecule has 0 atom stereocenters. The molecule has 74 valence electrons. The van der Waals surface area contributed by atoms with Crippen molar-refractivity contribution in [2.24, 2.45) is 0 Å². The number of unbranched alkanes of at least 4 members (excludes halogenated alkanes) is 1. The zero-order chi connectivity index (χ0) is 9.68. The van der Waals surface area contributed by atoms with E-state index in [0.717, 1.165) is 18.0 Å². The van der Waals surface area contributed by atoms with Crippen LogP contribution in [0.4, 0.5) is 10.8 Å². The van der Waals surface area contributed by atoms with Crippen molar-refractivity contribution in [3.63, 3.8) is 0 Å². The van der Waals surface area contributed by atoms with E-state index in [4.69, 9.17) is 10.5 Å². The van der Waals surface area contributed by atoms with E-state index < -0.39 is 0 Å². The zero-order valence-corrected chi connectivity index (χ0v) is 8.78. The van der Waals surface area contributed by atoms with Crippen molar-refractivity contribution in [2.45, 2.75) is 19.8 Å². The van der Waals surface area contributed by atoms with E-state index in [2.05, 4.69) is 16.6 Å². The van der Waals surface area contributed by atoms with E-state index in [9.17, 15) is 0 Å². The van der Waals surface area contributed by atoms with E-state index in [1.807, 2.05) is 0 Å². The fourth-order valence-electron chi connectivity index (χ4n) is 0.983. The molecule has 1 aromatic heterocycles. The van der Waals surface area contributed by atoms with Crippen molar-refractivity contribution in [3.05, 3.63) is 0 Å². The van der Waals surface area contributed by atoms with E-state index in [1.165, 1.54) is 18.0 Å². The lowest BCUT2D eigenvalue weighted by atomic mass is 10.3. The van der Waals surface area contributed by atoms with Crippen LogP contribution in [0, 0.1) is 0 Å². The molecule has 0 aliphatic carbocycles. The molecule has 0 saturated heterocycles. The molecule has 0 aliphatic heterocycles. The van der Waals surface area contributed by atoms with Gasteiger partial charge < -0.3 is 15.8 Å². The number of nitrogens with two attached hydrogens (primary N) is 1. The monoisotopic (exact) mass is 201 g/mol. The largest absolute Gasteiger partial charge is 0.490 e. The molecule has 4 nitrogen and oxygen atoms in total. The molecule has 0 aromatic carbocycles. The normalized spacial score (nSPS) is 10.0. The molecule has 0 unspecified atom stereocenters. The fourth-order valence-corrected chi connectivity index (χ4v) is 1.69. The Labute approximate surface area is 82.3 Å². The first kappa shape index (κ1) is 10.1. The molecule has 3 N–H and O–H groups in total. The minimum atomic E-state index is 0.464. The van der Waals surface area contributed by atoms with Gasteiger partial charge in [-0.2, -0.15) is 4.37 Å². The summed E-state index contributed by atoms with van der Waals surface area (Å²) in [4.78, 5) is 0. The molecule has 0 radical (unpaired) electrons. The Morgan fingerprint density at radius 1 is 1.62 bits per heavy atom. The van der Waals surface area contributed by atoms with Gasteiger partial charge in [0.05, 0.1) is 7.11 Å². The van der Waals surface area contributed by atoms with Crippen LogP contribution in [0.5, 0.6) is 5.75 Å². The molecular weight excluding hydrogens is 186 g/mol. The summed E-state index contributed by atoms with van der Waals surface area (Å²) in [6.07, 6.45) is 2.31. The predicted octanol–water partition coefficient (Wildman–Crippen LogP) is 1.95. The molecule has 1 aromatic rings. The lowest BCUT2D eigenvalue weighted by molar-refractivity contribution is 0.419. The Bertz CT molecular complexity index is 262. The first-order valence-corrected chi connectivity index (χ1v) is 5.10. The fraction of sp³-hybridized carbons (Fsp3) is 0.625. The van der Waals surface area contributed by atoms with Gasteiger partial charge in [-0.15, -0.1) is 0 Å². The van der Waals surface area contributed by atoms with E-state index in [1.54, 1.807) is 7.11 Å². The molecule has 1 rings (SSSR count). The number of nitrogen functional groups attached to an aromatic ring is 1. The minimum Gasteiger partial charge on any atom is -0.490 e. The van der Waals surface area contributed by atoms with Crippen LogP contribution < -0.4 is 15.8 Å². The zero-order valence-electron chi connectivity index (χ0n) is 7.96. The first-order valence-electron chi connectivity index (χ1n) is 4.32. The van der Waals surface area contributed by atoms with Crippen molar-refractivity contribution in [2.75, 3.05) is 24.7 Å². The molecular formula is C8H15N3OS. The van der Waals surface area contributed by atoms with Crippen molar-refractivity contribution >= 4 is 22.4 Å². The van der Waals surface area contributed by atoms with E-state index >= 15 is 0 Å². The van der Waals surface area contributed by atoms with Crippen LogP contribution in [0.3, 0.4) is 0 Å². The summed E-state index contributed by atoms with van der Waals surface area (Å²) < 4.78 is 9.11. The third-order valence-electron chi connectivity index (χ3n) is 1.69. The highest BCUT2D eigenvalue weighted by atomic mass is 32.1. The molecule has 0 fully saturated rings. The average Bonchev–Trinajstić information content (AvgIpc) is 2.47. The maximum atomic E-state index is 5.59. The Balaban J connectivity index is 2.55. The molecule has 0 aliphatic rings. The number of nitrogens with one attached hydrogen (secondary N) is 1. The Kier molecular flexibility index (Phi) is 3.82. The highest BCUT2D eigenvalue weighted by Gasteiger charge is 2.10. The number of hydrogen-bond donors (Lipinski definition) is 2. The van der Waals surface area contributed by atoms with Crippen molar-refractivity contribution in [3.8, 4) is 5.75 Å². The highest BCUT2D eigenvalue weighted by molar-refractivity contribution is 7.11. The Morgan fingerprint density at radius 3 is 3.00 bits per heavy atom. The number of rotatable bonds is 5. The average molecular weight is 201 g/mol. The lowest BCUT2D eigenvalue weighted by Gasteiger charge is -2.04. The summed E-state index contributed by atoms with van der Waals surface area (Å²) >= 11 is 1.34. The summed E-state index contributed by atoms with van der Waals surface area (Å²) in [7, 11) is 1.60. The van der Waals surface area contributed by atoms with Crippen LogP contribution in [0.25, 0.3) is 0 Å². The molecule has 1 heterocycles. The number of aromatic nitrogens is 1. The second kappa shape index (κ2) is 4.91. The summed E-state index contributed by atoms with van der Waals surface area (Å²) in [5.74, 6) is 1.13. The van der Waals surface area contributed by atoms with Gasteiger partial charge in [0.15, 0.2) is 16.6 Å². The van der Waals surface area contributed by atoms with Crippen LogP contribution in [0.15, 0.2) is 0 Å². The van der Waals surface area contributed by atoms with Crippen LogP contribution in [0.2, 0.25) is 0 Å². The lowest BCUT2D eigenvalue weighted by Crippen LogP contribution is -2.00. The van der Waals surface area contributed by atoms with E-state index in [-0.39, 0.29) is 0 Å². The van der Waals surface area contributed by atoms with Crippen molar-refractivity contribution in [1.29, 1.82) is 0 Å². The quantitative estimate of drug-likeness (QED) is 0.715. The summed E-state index contributed by atoms with van der Waals surface area (Å²) in [6, 6.07) is 0. The summed E-state index contributed by atoms with van der Waals surface area (Å²) in [5, 5.41) is 4.16. The van der Waals surface area contributed by atoms with Crippen LogP contribution in [0.1, 0.15) is 19.8 Å². The number of nitrogens with zero attached hydrogens (tertiary/aromatic N) is 1. The van der Waals surface area contributed by atoms with Crippen LogP contribution in [-0.4, -0.2) is 18.0 Å². The van der Waals surface area contributed by atoms with Crippen molar-refractivity contribution in [1.82, 2.24) is 4.37 Å². The number of anilines is 2. The molecule has 0 bridgehead atoms. The van der Waals surface area contributed by atoms with Gasteiger partial charge in [0.1, 0.15) is 0 Å². The van der Waals surface area contributed by atoms with Gasteiger partial charge >= 0.3 is 0 Å². The Hall–Kier alpha value is -0.970. The van der Waals surface area contributed by atoms with Gasteiger partial charge in [-0.3, -0.25) is 0 Å². The van der Waals surface area contributed by atoms with Gasteiger partial charge in [0, 0.05) is 6.54 Å². The van der Waals surface area contributed by atoms with Gasteiger partial charge in [-0.05, 0) is 18.0 Å². The number of hydrogen-bond acceptors (Lipinski definition) is 5. The maximum Gasteiger partial charge on any atom is 0.197 e. The maximum absolute atomic E-state index is 5.59. The van der Waals surface area contributed by atoms with Gasteiger partial charge in [-0.25, -0.2) is 0 Å². The summed E-state index contributed by atoms with van der Waals surface area (Å²) in [6.45, 7) is 3.09. The van der Waals surface area contributed by atoms with Gasteiger partial charge in [-0.1, -0.05) is 13.3 Å². The minimum absolute atomic E-state index is 0.464. The Morgan fingerprint density at radius 2 is 2.38 bits per heavy atom. The van der Waals surface area contributed by atoms with Crippen molar-refractivity contribution < 1.29 is 4.74 Å². The SMILES string of the molecule is CCCCNc1snc(N)c1OC. The predicted molar refractivity (Wildman–Crippen MR) is 56.5 cm³/mol. The van der Waals surface area contributed by atoms with Gasteiger partial charge in [0.25, 0.3) is 0 Å². The van der Waals surface area contributed by atoms with Gasteiger partial charge in [0.2, 0.25) is 0 Å². The standard InChI is InChI=1S/C8H15N3OS/c1-3-4-5-10-8-6(12-2)7(9)11-13-8/h10H,3-5H2,1-2H3,(H2,9,11). The van der Waals surface area contributed by atoms with Crippen LogP contribution in [-0.2, 0) is 0 Å². The molecule has 5 heteroatoms. The third-order valence-corrected chi connectivity index (χ3v) is 2.49. The smallest absolute Gasteiger partial charge is 0.197 e.